The zero-order valence-corrected chi connectivity index (χ0v) is 15.1. The Hall–Kier alpha value is -3.15. The van der Waals surface area contributed by atoms with Crippen LogP contribution in [-0.2, 0) is 17.6 Å². The zero-order valence-electron chi connectivity index (χ0n) is 15.1. The summed E-state index contributed by atoms with van der Waals surface area (Å²) in [6, 6.07) is 13.8. The number of nitrogens with zero attached hydrogens (tertiary/aromatic N) is 1. The Labute approximate surface area is 157 Å². The molecule has 0 aliphatic rings. The van der Waals surface area contributed by atoms with E-state index in [9.17, 15) is 9.18 Å². The molecule has 0 spiro atoms. The predicted octanol–water partition coefficient (Wildman–Crippen LogP) is 3.78. The van der Waals surface area contributed by atoms with Gasteiger partial charge in [-0.25, -0.2) is 9.37 Å². The van der Waals surface area contributed by atoms with Crippen LogP contribution in [0.5, 0.6) is 5.75 Å². The minimum Gasteiger partial charge on any atom is -0.497 e. The molecule has 27 heavy (non-hydrogen) atoms. The lowest BCUT2D eigenvalue weighted by molar-refractivity contribution is -0.121. The van der Waals surface area contributed by atoms with Crippen LogP contribution in [0.3, 0.4) is 0 Å². The lowest BCUT2D eigenvalue weighted by atomic mass is 10.1. The highest BCUT2D eigenvalue weighted by Crippen LogP contribution is 2.21. The molecule has 0 fully saturated rings. The molecule has 0 aliphatic carbocycles. The number of methoxy groups -OCH3 is 1. The predicted molar refractivity (Wildman–Crippen MR) is 99.9 cm³/mol. The number of hydrogen-bond donors (Lipinski definition) is 1. The van der Waals surface area contributed by atoms with Gasteiger partial charge in [0.05, 0.1) is 13.3 Å². The second-order valence-corrected chi connectivity index (χ2v) is 6.07. The quantitative estimate of drug-likeness (QED) is 0.657. The van der Waals surface area contributed by atoms with Crippen LogP contribution in [0, 0.1) is 5.82 Å². The molecule has 1 aromatic heterocycles. The molecule has 140 valence electrons. The van der Waals surface area contributed by atoms with E-state index in [-0.39, 0.29) is 11.7 Å². The molecule has 1 N–H and O–H groups in total. The van der Waals surface area contributed by atoms with Crippen LogP contribution in [0.25, 0.3) is 11.3 Å². The number of halogens is 1. The van der Waals surface area contributed by atoms with Crippen LogP contribution in [0.4, 0.5) is 4.39 Å². The highest BCUT2D eigenvalue weighted by Gasteiger charge is 2.09. The summed E-state index contributed by atoms with van der Waals surface area (Å²) in [5.74, 6) is 1.51. The van der Waals surface area contributed by atoms with Gasteiger partial charge in [-0.2, -0.15) is 0 Å². The first-order valence-corrected chi connectivity index (χ1v) is 8.74. The number of ether oxygens (including phenoxy) is 1. The third-order valence-electron chi connectivity index (χ3n) is 4.14. The van der Waals surface area contributed by atoms with Gasteiger partial charge in [0.25, 0.3) is 0 Å². The SMILES string of the molecule is COc1ccc(CCNC(=O)CCc2ncc(-c3ccc(F)cc3)o2)cc1. The molecule has 0 bridgehead atoms. The van der Waals surface area contributed by atoms with Gasteiger partial charge in [0, 0.05) is 24.9 Å². The Balaban J connectivity index is 1.42. The molecule has 1 heterocycles. The number of carbonyl (C=O) groups excluding carboxylic acids is 1. The fourth-order valence-electron chi connectivity index (χ4n) is 2.62. The number of benzene rings is 2. The number of carbonyl (C=O) groups is 1. The minimum absolute atomic E-state index is 0.0509. The Morgan fingerprint density at radius 2 is 1.85 bits per heavy atom. The summed E-state index contributed by atoms with van der Waals surface area (Å²) in [5, 5.41) is 2.89. The Morgan fingerprint density at radius 1 is 1.11 bits per heavy atom. The first kappa shape index (κ1) is 18.6. The van der Waals surface area contributed by atoms with E-state index in [0.717, 1.165) is 23.3 Å². The maximum absolute atomic E-state index is 13.0. The number of aromatic nitrogens is 1. The van der Waals surface area contributed by atoms with Gasteiger partial charge in [-0.3, -0.25) is 4.79 Å². The summed E-state index contributed by atoms with van der Waals surface area (Å²) in [7, 11) is 1.63. The molecule has 0 atom stereocenters. The van der Waals surface area contributed by atoms with Gasteiger partial charge in [0.1, 0.15) is 11.6 Å². The second kappa shape index (κ2) is 8.98. The van der Waals surface area contributed by atoms with E-state index < -0.39 is 0 Å². The van der Waals surface area contributed by atoms with Crippen molar-refractivity contribution in [2.75, 3.05) is 13.7 Å². The topological polar surface area (TPSA) is 64.4 Å². The van der Waals surface area contributed by atoms with Crippen molar-refractivity contribution >= 4 is 5.91 Å². The largest absolute Gasteiger partial charge is 0.497 e. The summed E-state index contributed by atoms with van der Waals surface area (Å²) >= 11 is 0. The van der Waals surface area contributed by atoms with E-state index in [1.807, 2.05) is 24.3 Å². The highest BCUT2D eigenvalue weighted by molar-refractivity contribution is 5.76. The van der Waals surface area contributed by atoms with Crippen molar-refractivity contribution in [2.24, 2.45) is 0 Å². The molecular formula is C21H21FN2O3. The molecule has 2 aromatic carbocycles. The van der Waals surface area contributed by atoms with Gasteiger partial charge in [-0.1, -0.05) is 12.1 Å². The molecule has 6 heteroatoms. The van der Waals surface area contributed by atoms with Crippen LogP contribution in [0.1, 0.15) is 17.9 Å². The lowest BCUT2D eigenvalue weighted by Crippen LogP contribution is -2.25. The van der Waals surface area contributed by atoms with E-state index >= 15 is 0 Å². The van der Waals surface area contributed by atoms with E-state index in [1.165, 1.54) is 12.1 Å². The van der Waals surface area contributed by atoms with Crippen LogP contribution in [0.15, 0.2) is 59.1 Å². The number of aryl methyl sites for hydroxylation is 1. The summed E-state index contributed by atoms with van der Waals surface area (Å²) in [5.41, 5.74) is 1.88. The molecular weight excluding hydrogens is 347 g/mol. The zero-order chi connectivity index (χ0) is 19.1. The fraction of sp³-hybridized carbons (Fsp3) is 0.238. The van der Waals surface area contributed by atoms with Gasteiger partial charge < -0.3 is 14.5 Å². The number of amides is 1. The standard InChI is InChI=1S/C21H21FN2O3/c1-26-18-8-2-15(3-9-18)12-13-23-20(25)10-11-21-24-14-19(27-21)16-4-6-17(22)7-5-16/h2-9,14H,10-13H2,1H3,(H,23,25). The Bertz CT molecular complexity index is 873. The fourth-order valence-corrected chi connectivity index (χ4v) is 2.62. The summed E-state index contributed by atoms with van der Waals surface area (Å²) in [6.45, 7) is 0.567. The number of rotatable bonds is 8. The van der Waals surface area contributed by atoms with Crippen molar-refractivity contribution in [2.45, 2.75) is 19.3 Å². The normalized spacial score (nSPS) is 10.6. The highest BCUT2D eigenvalue weighted by atomic mass is 19.1. The summed E-state index contributed by atoms with van der Waals surface area (Å²) < 4.78 is 23.7. The van der Waals surface area contributed by atoms with Crippen LogP contribution in [0.2, 0.25) is 0 Å². The Kier molecular flexibility index (Phi) is 6.20. The van der Waals surface area contributed by atoms with E-state index in [2.05, 4.69) is 10.3 Å². The minimum atomic E-state index is -0.301. The molecule has 3 rings (SSSR count). The number of oxazole rings is 1. The average molecular weight is 368 g/mol. The van der Waals surface area contributed by atoms with Gasteiger partial charge in [-0.15, -0.1) is 0 Å². The second-order valence-electron chi connectivity index (χ2n) is 6.07. The van der Waals surface area contributed by atoms with Crippen LogP contribution in [-0.4, -0.2) is 24.5 Å². The molecule has 0 aliphatic heterocycles. The lowest BCUT2D eigenvalue weighted by Gasteiger charge is -2.05. The molecule has 1 amide bonds. The number of hydrogen-bond acceptors (Lipinski definition) is 4. The van der Waals surface area contributed by atoms with Gasteiger partial charge in [-0.05, 0) is 48.4 Å². The molecule has 3 aromatic rings. The van der Waals surface area contributed by atoms with Gasteiger partial charge in [0.2, 0.25) is 5.91 Å². The molecule has 0 saturated carbocycles. The van der Waals surface area contributed by atoms with Crippen molar-refractivity contribution in [3.63, 3.8) is 0 Å². The van der Waals surface area contributed by atoms with Crippen molar-refractivity contribution in [1.82, 2.24) is 10.3 Å². The van der Waals surface area contributed by atoms with Crippen molar-refractivity contribution in [1.29, 1.82) is 0 Å². The maximum atomic E-state index is 13.0. The van der Waals surface area contributed by atoms with Crippen LogP contribution >= 0.6 is 0 Å². The molecule has 0 saturated heterocycles. The first-order chi connectivity index (χ1) is 13.1. The molecule has 5 nitrogen and oxygen atoms in total. The smallest absolute Gasteiger partial charge is 0.220 e. The maximum Gasteiger partial charge on any atom is 0.220 e. The number of nitrogens with one attached hydrogen (secondary N) is 1. The van der Waals surface area contributed by atoms with E-state index in [0.29, 0.717) is 31.0 Å². The third kappa shape index (κ3) is 5.41. The summed E-state index contributed by atoms with van der Waals surface area (Å²) in [4.78, 5) is 16.2. The average Bonchev–Trinajstić information content (AvgIpc) is 3.16. The van der Waals surface area contributed by atoms with Crippen molar-refractivity contribution in [3.8, 4) is 17.1 Å². The van der Waals surface area contributed by atoms with Gasteiger partial charge >= 0.3 is 0 Å². The van der Waals surface area contributed by atoms with Crippen molar-refractivity contribution < 1.29 is 18.3 Å². The van der Waals surface area contributed by atoms with E-state index in [4.69, 9.17) is 9.15 Å². The third-order valence-corrected chi connectivity index (χ3v) is 4.14. The van der Waals surface area contributed by atoms with Crippen molar-refractivity contribution in [3.05, 3.63) is 72.0 Å². The summed E-state index contributed by atoms with van der Waals surface area (Å²) in [6.07, 6.45) is 3.05. The first-order valence-electron chi connectivity index (χ1n) is 8.74. The Morgan fingerprint density at radius 3 is 2.56 bits per heavy atom. The molecule has 0 unspecified atom stereocenters. The van der Waals surface area contributed by atoms with Gasteiger partial charge in [0.15, 0.2) is 11.7 Å². The van der Waals surface area contributed by atoms with Crippen LogP contribution < -0.4 is 10.1 Å². The molecule has 0 radical (unpaired) electrons. The van der Waals surface area contributed by atoms with E-state index in [1.54, 1.807) is 25.4 Å². The monoisotopic (exact) mass is 368 g/mol.